The molecule has 0 fully saturated rings. The van der Waals surface area contributed by atoms with Crippen molar-refractivity contribution in [1.29, 1.82) is 0 Å². The number of halogens is 1. The maximum atomic E-state index is 11.6. The average molecular weight is 260 g/mol. The lowest BCUT2D eigenvalue weighted by atomic mass is 10.5. The van der Waals surface area contributed by atoms with Crippen LogP contribution in [-0.2, 0) is 0 Å². The Morgan fingerprint density at radius 3 is 2.35 bits per heavy atom. The molecule has 0 radical (unpaired) electrons. The second kappa shape index (κ2) is 4.06. The summed E-state index contributed by atoms with van der Waals surface area (Å²) in [6.07, 6.45) is 0. The van der Waals surface area contributed by atoms with Crippen molar-refractivity contribution >= 4 is 23.0 Å². The molecule has 9 heteroatoms. The quantitative estimate of drug-likeness (QED) is 0.734. The van der Waals surface area contributed by atoms with E-state index in [1.165, 1.54) is 14.2 Å². The van der Waals surface area contributed by atoms with E-state index in [0.29, 0.717) is 0 Å². The first-order valence-corrected chi connectivity index (χ1v) is 4.64. The van der Waals surface area contributed by atoms with E-state index in [2.05, 4.69) is 14.4 Å². The van der Waals surface area contributed by atoms with Gasteiger partial charge in [-0.1, -0.05) is 0 Å². The summed E-state index contributed by atoms with van der Waals surface area (Å²) in [7, 11) is 2.66. The Morgan fingerprint density at radius 1 is 1.18 bits per heavy atom. The fourth-order valence-corrected chi connectivity index (χ4v) is 1.28. The summed E-state index contributed by atoms with van der Waals surface area (Å²) in [5.74, 6) is -1.07. The summed E-state index contributed by atoms with van der Waals surface area (Å²) in [5.41, 5.74) is -1.34. The molecule has 0 amide bonds. The molecule has 2 heterocycles. The molecular formula is C8H6ClN3O5. The van der Waals surface area contributed by atoms with Crippen LogP contribution in [0.1, 0.15) is 0 Å². The number of methoxy groups -OCH3 is 2. The number of hydrogen-bond acceptors (Lipinski definition) is 7. The lowest BCUT2D eigenvalue weighted by Gasteiger charge is -2.05. The van der Waals surface area contributed by atoms with E-state index in [1.54, 1.807) is 0 Å². The van der Waals surface area contributed by atoms with Gasteiger partial charge < -0.3 is 13.9 Å². The van der Waals surface area contributed by atoms with E-state index in [9.17, 15) is 9.59 Å². The van der Waals surface area contributed by atoms with Crippen LogP contribution in [0, 0.1) is 0 Å². The van der Waals surface area contributed by atoms with E-state index in [1.807, 2.05) is 0 Å². The van der Waals surface area contributed by atoms with Gasteiger partial charge in [-0.05, 0) is 0 Å². The van der Waals surface area contributed by atoms with Gasteiger partial charge in [-0.3, -0.25) is 4.79 Å². The molecule has 2 rings (SSSR count). The molecule has 0 bridgehead atoms. The number of ether oxygens (including phenoxy) is 2. The van der Waals surface area contributed by atoms with Gasteiger partial charge in [0.15, 0.2) is 5.52 Å². The first-order valence-electron chi connectivity index (χ1n) is 4.30. The number of hydrogen-bond donors (Lipinski definition) is 0. The number of nitrogens with zero attached hydrogens (tertiary/aromatic N) is 3. The molecule has 0 N–H and O–H groups in total. The van der Waals surface area contributed by atoms with Crippen LogP contribution in [0.4, 0.5) is 0 Å². The Labute approximate surface area is 98.5 Å². The molecule has 0 spiro atoms. The van der Waals surface area contributed by atoms with Crippen LogP contribution < -0.4 is 20.8 Å². The number of rotatable bonds is 2. The maximum Gasteiger partial charge on any atom is 0.438 e. The molecular weight excluding hydrogens is 254 g/mol. The largest absolute Gasteiger partial charge is 0.477 e. The van der Waals surface area contributed by atoms with Gasteiger partial charge >= 0.3 is 11.3 Å². The van der Waals surface area contributed by atoms with Crippen LogP contribution in [-0.4, -0.2) is 28.3 Å². The molecule has 0 aliphatic heterocycles. The van der Waals surface area contributed by atoms with Gasteiger partial charge in [0.2, 0.25) is 0 Å². The van der Waals surface area contributed by atoms with Gasteiger partial charge in [-0.15, -0.1) is 4.09 Å². The van der Waals surface area contributed by atoms with Crippen molar-refractivity contribution in [3.05, 3.63) is 20.9 Å². The highest BCUT2D eigenvalue weighted by molar-refractivity contribution is 6.15. The highest BCUT2D eigenvalue weighted by Crippen LogP contribution is 2.22. The van der Waals surface area contributed by atoms with Gasteiger partial charge in [-0.25, -0.2) is 4.79 Å². The van der Waals surface area contributed by atoms with Crippen molar-refractivity contribution < 1.29 is 13.9 Å². The molecule has 0 saturated heterocycles. The van der Waals surface area contributed by atoms with Gasteiger partial charge in [0.1, 0.15) is 0 Å². The van der Waals surface area contributed by atoms with E-state index < -0.39 is 11.3 Å². The van der Waals surface area contributed by atoms with Crippen LogP contribution in [0.25, 0.3) is 11.2 Å². The van der Waals surface area contributed by atoms with Crippen LogP contribution in [0.5, 0.6) is 11.8 Å². The Balaban J connectivity index is 2.93. The molecule has 0 aliphatic rings. The monoisotopic (exact) mass is 259 g/mol. The SMILES string of the molecule is COc1nc2oc(=O)n(Cl)c(=O)c2nc1OC. The van der Waals surface area contributed by atoms with Crippen molar-refractivity contribution in [2.24, 2.45) is 0 Å². The molecule has 0 unspecified atom stereocenters. The molecule has 8 nitrogen and oxygen atoms in total. The Hall–Kier alpha value is -2.09. The molecule has 0 aliphatic carbocycles. The molecule has 2 aromatic heterocycles. The van der Waals surface area contributed by atoms with E-state index >= 15 is 0 Å². The van der Waals surface area contributed by atoms with Gasteiger partial charge in [0, 0.05) is 11.8 Å². The zero-order valence-corrected chi connectivity index (χ0v) is 9.52. The van der Waals surface area contributed by atoms with Crippen LogP contribution in [0.15, 0.2) is 14.0 Å². The third kappa shape index (κ3) is 1.72. The molecule has 0 saturated carbocycles. The summed E-state index contributed by atoms with van der Waals surface area (Å²) in [5, 5.41) is 0. The molecule has 17 heavy (non-hydrogen) atoms. The van der Waals surface area contributed by atoms with Crippen LogP contribution in [0.2, 0.25) is 0 Å². The van der Waals surface area contributed by atoms with Crippen molar-refractivity contribution in [2.75, 3.05) is 14.2 Å². The zero-order chi connectivity index (χ0) is 12.6. The number of aromatic nitrogens is 3. The summed E-state index contributed by atoms with van der Waals surface area (Å²) in [4.78, 5) is 30.3. The summed E-state index contributed by atoms with van der Waals surface area (Å²) >= 11 is 5.38. The predicted molar refractivity (Wildman–Crippen MR) is 56.7 cm³/mol. The van der Waals surface area contributed by atoms with Gasteiger partial charge in [-0.2, -0.15) is 9.97 Å². The Bertz CT molecular complexity index is 692. The minimum absolute atomic E-state index is 0.00475. The van der Waals surface area contributed by atoms with Gasteiger partial charge in [0.05, 0.1) is 14.2 Å². The second-order valence-electron chi connectivity index (χ2n) is 2.85. The maximum absolute atomic E-state index is 11.6. The average Bonchev–Trinajstić information content (AvgIpc) is 2.34. The summed E-state index contributed by atoms with van der Waals surface area (Å²) in [6.45, 7) is 0. The third-order valence-electron chi connectivity index (χ3n) is 1.91. The smallest absolute Gasteiger partial charge is 0.438 e. The first kappa shape index (κ1) is 11.4. The molecule has 0 atom stereocenters. The Morgan fingerprint density at radius 2 is 1.76 bits per heavy atom. The summed E-state index contributed by atoms with van der Waals surface area (Å²) < 4.78 is 14.7. The fraction of sp³-hybridized carbons (Fsp3) is 0.250. The van der Waals surface area contributed by atoms with Gasteiger partial charge in [0.25, 0.3) is 17.5 Å². The second-order valence-corrected chi connectivity index (χ2v) is 3.19. The highest BCUT2D eigenvalue weighted by Gasteiger charge is 2.16. The van der Waals surface area contributed by atoms with E-state index in [0.717, 1.165) is 0 Å². The molecule has 2 aromatic rings. The standard InChI is InChI=1S/C8H6ClN3O5/c1-15-5-6(16-2)11-4-3(10-5)7(13)12(9)8(14)17-4/h1-2H3. The minimum Gasteiger partial charge on any atom is -0.477 e. The minimum atomic E-state index is -1.05. The van der Waals surface area contributed by atoms with Crippen molar-refractivity contribution in [3.8, 4) is 11.8 Å². The lowest BCUT2D eigenvalue weighted by molar-refractivity contribution is 0.331. The van der Waals surface area contributed by atoms with E-state index in [-0.39, 0.29) is 27.1 Å². The first-order chi connectivity index (χ1) is 8.08. The molecule has 90 valence electrons. The topological polar surface area (TPSA) is 96.5 Å². The fourth-order valence-electron chi connectivity index (χ4n) is 1.17. The third-order valence-corrected chi connectivity index (χ3v) is 2.21. The Kier molecular flexibility index (Phi) is 2.72. The normalized spacial score (nSPS) is 10.5. The van der Waals surface area contributed by atoms with Crippen molar-refractivity contribution in [1.82, 2.24) is 14.1 Å². The summed E-state index contributed by atoms with van der Waals surface area (Å²) in [6, 6.07) is 0. The van der Waals surface area contributed by atoms with Crippen molar-refractivity contribution in [2.45, 2.75) is 0 Å². The highest BCUT2D eigenvalue weighted by atomic mass is 35.5. The van der Waals surface area contributed by atoms with E-state index in [4.69, 9.17) is 21.3 Å². The van der Waals surface area contributed by atoms with Crippen LogP contribution in [0.3, 0.4) is 0 Å². The van der Waals surface area contributed by atoms with Crippen molar-refractivity contribution in [3.63, 3.8) is 0 Å². The zero-order valence-electron chi connectivity index (χ0n) is 8.76. The van der Waals surface area contributed by atoms with Crippen LogP contribution >= 0.6 is 11.8 Å². The lowest BCUT2D eigenvalue weighted by Crippen LogP contribution is -2.27. The predicted octanol–water partition coefficient (Wildman–Crippen LogP) is -0.236. The molecule has 0 aromatic carbocycles. The number of fused-ring (bicyclic) bond motifs is 1.